The van der Waals surface area contributed by atoms with Gasteiger partial charge in [0.05, 0.1) is 41.7 Å². The van der Waals surface area contributed by atoms with Crippen molar-refractivity contribution in [3.8, 4) is 11.5 Å². The molecule has 0 fully saturated rings. The number of hydrogen-bond acceptors (Lipinski definition) is 8. The van der Waals surface area contributed by atoms with E-state index in [0.29, 0.717) is 42.7 Å². The molecule has 5 rings (SSSR count). The van der Waals surface area contributed by atoms with E-state index in [0.717, 1.165) is 10.4 Å². The largest absolute Gasteiger partial charge is 0.493 e. The molecule has 7 nitrogen and oxygen atoms in total. The second-order valence-electron chi connectivity index (χ2n) is 8.19. The lowest BCUT2D eigenvalue weighted by Crippen LogP contribution is -2.39. The standard InChI is InChI=1S/C28H23ClN2O5S2/c1-4-36-27(33)22-23(17-9-6-5-7-10-17)30-28-31(24(22)20-11-8-12-37-20)26(32)21(38-28)15-16-13-18(29)25(35-3)19(14-16)34-2/h5-15,24H,4H2,1-3H3/b21-15-/t24-/m0/s1. The van der Waals surface area contributed by atoms with Gasteiger partial charge in [0, 0.05) is 10.4 Å². The molecular formula is C28H23ClN2O5S2. The molecule has 4 aromatic rings. The van der Waals surface area contributed by atoms with Gasteiger partial charge in [-0.1, -0.05) is 59.3 Å². The second kappa shape index (κ2) is 11.0. The highest BCUT2D eigenvalue weighted by Gasteiger charge is 2.35. The van der Waals surface area contributed by atoms with E-state index in [9.17, 15) is 9.59 Å². The lowest BCUT2D eigenvalue weighted by atomic mass is 9.97. The number of thiophene rings is 1. The predicted molar refractivity (Wildman–Crippen MR) is 150 cm³/mol. The van der Waals surface area contributed by atoms with Crippen LogP contribution in [0.1, 0.15) is 29.0 Å². The van der Waals surface area contributed by atoms with Crippen LogP contribution in [0.15, 0.2) is 75.3 Å². The van der Waals surface area contributed by atoms with Crippen molar-refractivity contribution in [2.75, 3.05) is 20.8 Å². The molecule has 0 bridgehead atoms. The normalized spacial score (nSPS) is 15.2. The zero-order chi connectivity index (χ0) is 26.8. The Bertz CT molecular complexity index is 1710. The van der Waals surface area contributed by atoms with Gasteiger partial charge in [-0.25, -0.2) is 9.79 Å². The van der Waals surface area contributed by atoms with Crippen LogP contribution in [-0.2, 0) is 9.53 Å². The van der Waals surface area contributed by atoms with Crippen LogP contribution in [0.3, 0.4) is 0 Å². The molecule has 0 aliphatic carbocycles. The van der Waals surface area contributed by atoms with Crippen LogP contribution in [0.5, 0.6) is 11.5 Å². The van der Waals surface area contributed by atoms with E-state index in [-0.39, 0.29) is 12.2 Å². The molecule has 1 aliphatic heterocycles. The van der Waals surface area contributed by atoms with Gasteiger partial charge < -0.3 is 14.2 Å². The lowest BCUT2D eigenvalue weighted by Gasteiger charge is -2.24. The maximum atomic E-state index is 13.9. The van der Waals surface area contributed by atoms with E-state index in [1.165, 1.54) is 36.9 Å². The summed E-state index contributed by atoms with van der Waals surface area (Å²) in [6.07, 6.45) is 1.74. The number of nitrogens with zero attached hydrogens (tertiary/aromatic N) is 2. The highest BCUT2D eigenvalue weighted by Crippen LogP contribution is 2.38. The van der Waals surface area contributed by atoms with Gasteiger partial charge >= 0.3 is 5.97 Å². The summed E-state index contributed by atoms with van der Waals surface area (Å²) in [7, 11) is 3.03. The zero-order valence-corrected chi connectivity index (χ0v) is 23.2. The quantitative estimate of drug-likeness (QED) is 0.304. The van der Waals surface area contributed by atoms with Gasteiger partial charge in [-0.2, -0.15) is 0 Å². The third kappa shape index (κ3) is 4.69. The topological polar surface area (TPSA) is 79.1 Å². The lowest BCUT2D eigenvalue weighted by molar-refractivity contribution is -0.138. The van der Waals surface area contributed by atoms with Gasteiger partial charge in [-0.15, -0.1) is 11.3 Å². The van der Waals surface area contributed by atoms with E-state index in [1.807, 2.05) is 47.8 Å². The van der Waals surface area contributed by atoms with E-state index in [4.69, 9.17) is 30.8 Å². The first-order valence-corrected chi connectivity index (χ1v) is 13.8. The van der Waals surface area contributed by atoms with Gasteiger partial charge in [-0.3, -0.25) is 9.36 Å². The molecule has 1 aliphatic rings. The van der Waals surface area contributed by atoms with Gasteiger partial charge in [0.15, 0.2) is 16.3 Å². The van der Waals surface area contributed by atoms with Crippen LogP contribution in [0.25, 0.3) is 11.8 Å². The first kappa shape index (κ1) is 26.0. The molecule has 0 amide bonds. The van der Waals surface area contributed by atoms with E-state index < -0.39 is 12.0 Å². The fourth-order valence-electron chi connectivity index (χ4n) is 4.33. The van der Waals surface area contributed by atoms with Gasteiger partial charge in [0.25, 0.3) is 5.56 Å². The average Bonchev–Trinajstić information content (AvgIpc) is 3.56. The van der Waals surface area contributed by atoms with Gasteiger partial charge in [-0.05, 0) is 42.1 Å². The minimum atomic E-state index is -0.684. The summed E-state index contributed by atoms with van der Waals surface area (Å²) in [5, 5.41) is 2.28. The molecular weight excluding hydrogens is 544 g/mol. The van der Waals surface area contributed by atoms with E-state index in [2.05, 4.69) is 0 Å². The molecule has 10 heteroatoms. The highest BCUT2D eigenvalue weighted by molar-refractivity contribution is 7.10. The van der Waals surface area contributed by atoms with Crippen LogP contribution >= 0.6 is 34.3 Å². The summed E-state index contributed by atoms with van der Waals surface area (Å²) in [6, 6.07) is 16.0. The number of ether oxygens (including phenoxy) is 3. The number of hydrogen-bond donors (Lipinski definition) is 0. The number of thiazole rings is 1. The van der Waals surface area contributed by atoms with Crippen LogP contribution in [0, 0.1) is 0 Å². The molecule has 2 aromatic carbocycles. The van der Waals surface area contributed by atoms with Crippen molar-refractivity contribution in [3.63, 3.8) is 0 Å². The van der Waals surface area contributed by atoms with Crippen LogP contribution < -0.4 is 24.4 Å². The summed E-state index contributed by atoms with van der Waals surface area (Å²) in [6.45, 7) is 1.95. The number of esters is 1. The molecule has 0 unspecified atom stereocenters. The van der Waals surface area contributed by atoms with E-state index >= 15 is 0 Å². The van der Waals surface area contributed by atoms with Crippen molar-refractivity contribution >= 4 is 52.0 Å². The maximum Gasteiger partial charge on any atom is 0.338 e. The molecule has 0 saturated heterocycles. The number of benzene rings is 2. The number of fused-ring (bicyclic) bond motifs is 1. The van der Waals surface area contributed by atoms with Crippen LogP contribution in [0.2, 0.25) is 5.02 Å². The Morgan fingerprint density at radius 3 is 2.58 bits per heavy atom. The molecule has 0 spiro atoms. The summed E-state index contributed by atoms with van der Waals surface area (Å²) in [4.78, 5) is 33.4. The van der Waals surface area contributed by atoms with E-state index in [1.54, 1.807) is 29.7 Å². The summed E-state index contributed by atoms with van der Waals surface area (Å²) in [5.41, 5.74) is 1.98. The van der Waals surface area contributed by atoms with Crippen LogP contribution in [-0.4, -0.2) is 31.4 Å². The first-order chi connectivity index (χ1) is 18.5. The smallest absolute Gasteiger partial charge is 0.338 e. The first-order valence-electron chi connectivity index (χ1n) is 11.7. The maximum absolute atomic E-state index is 13.9. The molecule has 194 valence electrons. The van der Waals surface area contributed by atoms with Crippen molar-refractivity contribution in [2.24, 2.45) is 4.99 Å². The number of halogens is 1. The molecule has 0 radical (unpaired) electrons. The minimum absolute atomic E-state index is 0.200. The number of rotatable bonds is 7. The fraction of sp³-hybridized carbons (Fsp3) is 0.179. The van der Waals surface area contributed by atoms with Crippen molar-refractivity contribution < 1.29 is 19.0 Å². The van der Waals surface area contributed by atoms with Crippen LogP contribution in [0.4, 0.5) is 0 Å². The van der Waals surface area contributed by atoms with Gasteiger partial charge in [0.1, 0.15) is 6.04 Å². The molecule has 3 heterocycles. The van der Waals surface area contributed by atoms with Crippen molar-refractivity contribution in [1.29, 1.82) is 0 Å². The molecule has 38 heavy (non-hydrogen) atoms. The number of methoxy groups -OCH3 is 2. The van der Waals surface area contributed by atoms with Crippen molar-refractivity contribution in [3.05, 3.63) is 106 Å². The molecule has 0 saturated carbocycles. The highest BCUT2D eigenvalue weighted by atomic mass is 35.5. The third-order valence-electron chi connectivity index (χ3n) is 5.94. The number of carbonyl (C=O) groups is 1. The zero-order valence-electron chi connectivity index (χ0n) is 20.8. The Kier molecular flexibility index (Phi) is 7.51. The molecule has 1 atom stereocenters. The predicted octanol–water partition coefficient (Wildman–Crippen LogP) is 4.67. The monoisotopic (exact) mass is 566 g/mol. The Morgan fingerprint density at radius 2 is 1.92 bits per heavy atom. The number of carbonyl (C=O) groups excluding carboxylic acids is 1. The van der Waals surface area contributed by atoms with Crippen molar-refractivity contribution in [2.45, 2.75) is 13.0 Å². The SMILES string of the molecule is CCOC(=O)C1=C(c2ccccc2)N=c2s/c(=C\c3cc(Cl)c(OC)c(OC)c3)c(=O)n2[C@H]1c1cccs1. The molecule has 0 N–H and O–H groups in total. The second-order valence-corrected chi connectivity index (χ2v) is 10.6. The molecule has 2 aromatic heterocycles. The Hall–Kier alpha value is -3.66. The third-order valence-corrected chi connectivity index (χ3v) is 8.13. The van der Waals surface area contributed by atoms with Gasteiger partial charge in [0.2, 0.25) is 0 Å². The summed E-state index contributed by atoms with van der Waals surface area (Å²) in [5.74, 6) is 0.359. The minimum Gasteiger partial charge on any atom is -0.493 e. The van der Waals surface area contributed by atoms with Crippen molar-refractivity contribution in [1.82, 2.24) is 4.57 Å². The fourth-order valence-corrected chi connectivity index (χ4v) is 6.45. The average molecular weight is 567 g/mol. The summed E-state index contributed by atoms with van der Waals surface area (Å²) < 4.78 is 18.2. The number of aromatic nitrogens is 1. The summed E-state index contributed by atoms with van der Waals surface area (Å²) >= 11 is 9.11. The Morgan fingerprint density at radius 1 is 1.13 bits per heavy atom. The Labute approximate surface area is 231 Å². The Balaban J connectivity index is 1.78.